The Morgan fingerprint density at radius 3 is 2.62 bits per heavy atom. The van der Waals surface area contributed by atoms with Crippen molar-refractivity contribution in [3.8, 4) is 0 Å². The molecule has 2 heteroatoms. The van der Waals surface area contributed by atoms with Crippen LogP contribution in [0.5, 0.6) is 0 Å². The van der Waals surface area contributed by atoms with E-state index in [1.165, 1.54) is 18.4 Å². The largest absolute Gasteiger partial charge is 0.378 e. The third-order valence-corrected chi connectivity index (χ3v) is 3.41. The van der Waals surface area contributed by atoms with Crippen molar-refractivity contribution in [1.29, 1.82) is 0 Å². The lowest BCUT2D eigenvalue weighted by molar-refractivity contribution is -0.0282. The Bertz CT molecular complexity index is 306. The van der Waals surface area contributed by atoms with E-state index < -0.39 is 0 Å². The molecule has 1 aromatic carbocycles. The third kappa shape index (κ3) is 2.83. The molecule has 0 aliphatic heterocycles. The number of nitrogens with two attached hydrogens (primary N) is 1. The maximum Gasteiger partial charge on any atom is 0.0580 e. The van der Waals surface area contributed by atoms with E-state index in [1.807, 2.05) is 6.07 Å². The number of hydrogen-bond donors (Lipinski definition) is 1. The highest BCUT2D eigenvalue weighted by Crippen LogP contribution is 2.36. The van der Waals surface area contributed by atoms with Gasteiger partial charge in [0.05, 0.1) is 6.10 Å². The van der Waals surface area contributed by atoms with Gasteiger partial charge in [-0.1, -0.05) is 30.3 Å². The van der Waals surface area contributed by atoms with Crippen molar-refractivity contribution >= 4 is 0 Å². The Hall–Kier alpha value is -0.860. The number of benzene rings is 1. The summed E-state index contributed by atoms with van der Waals surface area (Å²) in [6, 6.07) is 10.6. The second-order valence-electron chi connectivity index (χ2n) is 4.67. The summed E-state index contributed by atoms with van der Waals surface area (Å²) in [4.78, 5) is 0. The predicted octanol–water partition coefficient (Wildman–Crippen LogP) is 2.89. The molecule has 0 radical (unpaired) electrons. The molecule has 0 heterocycles. The monoisotopic (exact) mass is 219 g/mol. The Morgan fingerprint density at radius 2 is 2.00 bits per heavy atom. The zero-order valence-corrected chi connectivity index (χ0v) is 9.93. The second kappa shape index (κ2) is 5.46. The minimum absolute atomic E-state index is 0.189. The van der Waals surface area contributed by atoms with Crippen molar-refractivity contribution in [3.63, 3.8) is 0 Å². The van der Waals surface area contributed by atoms with Gasteiger partial charge in [0.1, 0.15) is 0 Å². The molecule has 1 aliphatic rings. The maximum atomic E-state index is 6.18. The van der Waals surface area contributed by atoms with Crippen LogP contribution in [0.4, 0.5) is 0 Å². The number of ether oxygens (including phenoxy) is 1. The van der Waals surface area contributed by atoms with Gasteiger partial charge in [-0.3, -0.25) is 0 Å². The van der Waals surface area contributed by atoms with Crippen molar-refractivity contribution in [2.45, 2.75) is 38.3 Å². The van der Waals surface area contributed by atoms with Crippen LogP contribution in [0.3, 0.4) is 0 Å². The average molecular weight is 219 g/mol. The van der Waals surface area contributed by atoms with Gasteiger partial charge in [-0.2, -0.15) is 0 Å². The fourth-order valence-corrected chi connectivity index (χ4v) is 2.43. The predicted molar refractivity (Wildman–Crippen MR) is 66.1 cm³/mol. The first-order valence-electron chi connectivity index (χ1n) is 6.21. The van der Waals surface area contributed by atoms with Gasteiger partial charge < -0.3 is 10.5 Å². The first-order chi connectivity index (χ1) is 7.79. The molecule has 1 unspecified atom stereocenters. The highest BCUT2D eigenvalue weighted by molar-refractivity contribution is 5.18. The van der Waals surface area contributed by atoms with E-state index in [4.69, 9.17) is 10.5 Å². The van der Waals surface area contributed by atoms with E-state index in [1.54, 1.807) is 0 Å². The SMILES string of the molecule is CCOC1CC(CC(N)c2ccccc2)C1. The summed E-state index contributed by atoms with van der Waals surface area (Å²) in [6.07, 6.45) is 3.97. The molecular weight excluding hydrogens is 198 g/mol. The van der Waals surface area contributed by atoms with Crippen molar-refractivity contribution in [3.05, 3.63) is 35.9 Å². The summed E-state index contributed by atoms with van der Waals surface area (Å²) < 4.78 is 5.55. The molecule has 1 aromatic rings. The normalized spacial score (nSPS) is 26.1. The van der Waals surface area contributed by atoms with Gasteiger partial charge in [-0.15, -0.1) is 0 Å². The summed E-state index contributed by atoms with van der Waals surface area (Å²) in [5, 5.41) is 0. The van der Waals surface area contributed by atoms with Crippen LogP contribution >= 0.6 is 0 Å². The van der Waals surface area contributed by atoms with E-state index in [9.17, 15) is 0 Å². The van der Waals surface area contributed by atoms with Crippen LogP contribution in [0.25, 0.3) is 0 Å². The van der Waals surface area contributed by atoms with E-state index in [0.29, 0.717) is 6.10 Å². The molecule has 2 rings (SSSR count). The fraction of sp³-hybridized carbons (Fsp3) is 0.571. The molecule has 0 amide bonds. The lowest BCUT2D eigenvalue weighted by Crippen LogP contribution is -2.33. The van der Waals surface area contributed by atoms with Crippen LogP contribution < -0.4 is 5.73 Å². The topological polar surface area (TPSA) is 35.2 Å². The van der Waals surface area contributed by atoms with Crippen LogP contribution in [-0.4, -0.2) is 12.7 Å². The molecular formula is C14H21NO. The highest BCUT2D eigenvalue weighted by atomic mass is 16.5. The van der Waals surface area contributed by atoms with Gasteiger partial charge in [0.15, 0.2) is 0 Å². The molecule has 88 valence electrons. The number of hydrogen-bond acceptors (Lipinski definition) is 2. The first kappa shape index (κ1) is 11.6. The zero-order valence-electron chi connectivity index (χ0n) is 9.93. The molecule has 2 nitrogen and oxygen atoms in total. The Morgan fingerprint density at radius 1 is 1.31 bits per heavy atom. The maximum absolute atomic E-state index is 6.18. The van der Waals surface area contributed by atoms with Crippen molar-refractivity contribution < 1.29 is 4.74 Å². The minimum atomic E-state index is 0.189. The summed E-state index contributed by atoms with van der Waals surface area (Å²) in [5.74, 6) is 0.756. The minimum Gasteiger partial charge on any atom is -0.378 e. The van der Waals surface area contributed by atoms with Crippen LogP contribution in [0.2, 0.25) is 0 Å². The van der Waals surface area contributed by atoms with E-state index in [-0.39, 0.29) is 6.04 Å². The van der Waals surface area contributed by atoms with Gasteiger partial charge in [-0.05, 0) is 37.7 Å². The third-order valence-electron chi connectivity index (χ3n) is 3.41. The second-order valence-corrected chi connectivity index (χ2v) is 4.67. The molecule has 1 fully saturated rings. The molecule has 1 aliphatic carbocycles. The zero-order chi connectivity index (χ0) is 11.4. The lowest BCUT2D eigenvalue weighted by Gasteiger charge is -2.36. The van der Waals surface area contributed by atoms with Gasteiger partial charge in [0.25, 0.3) is 0 Å². The van der Waals surface area contributed by atoms with Crippen LogP contribution in [0.1, 0.15) is 37.8 Å². The molecule has 16 heavy (non-hydrogen) atoms. The van der Waals surface area contributed by atoms with Crippen LogP contribution in [0, 0.1) is 5.92 Å². The summed E-state index contributed by atoms with van der Waals surface area (Å²) >= 11 is 0. The van der Waals surface area contributed by atoms with Crippen LogP contribution in [-0.2, 0) is 4.74 Å². The van der Waals surface area contributed by atoms with Gasteiger partial charge >= 0.3 is 0 Å². The Balaban J connectivity index is 1.75. The lowest BCUT2D eigenvalue weighted by atomic mass is 9.77. The first-order valence-corrected chi connectivity index (χ1v) is 6.21. The van der Waals surface area contributed by atoms with Crippen molar-refractivity contribution in [1.82, 2.24) is 0 Å². The van der Waals surface area contributed by atoms with Gasteiger partial charge in [0, 0.05) is 12.6 Å². The van der Waals surface area contributed by atoms with Crippen molar-refractivity contribution in [2.75, 3.05) is 6.61 Å². The fourth-order valence-electron chi connectivity index (χ4n) is 2.43. The van der Waals surface area contributed by atoms with Crippen LogP contribution in [0.15, 0.2) is 30.3 Å². The van der Waals surface area contributed by atoms with E-state index >= 15 is 0 Å². The standard InChI is InChI=1S/C14H21NO/c1-2-16-13-8-11(9-13)10-14(15)12-6-4-3-5-7-12/h3-7,11,13-14H,2,8-10,15H2,1H3. The summed E-state index contributed by atoms with van der Waals surface area (Å²) in [7, 11) is 0. The quantitative estimate of drug-likeness (QED) is 0.826. The Labute approximate surface area is 97.8 Å². The molecule has 1 saturated carbocycles. The molecule has 0 saturated heterocycles. The smallest absolute Gasteiger partial charge is 0.0580 e. The van der Waals surface area contributed by atoms with Gasteiger partial charge in [0.2, 0.25) is 0 Å². The number of rotatable bonds is 5. The molecule has 1 atom stereocenters. The molecule has 0 spiro atoms. The van der Waals surface area contributed by atoms with E-state index in [2.05, 4.69) is 31.2 Å². The summed E-state index contributed by atoms with van der Waals surface area (Å²) in [6.45, 7) is 2.89. The van der Waals surface area contributed by atoms with E-state index in [0.717, 1.165) is 18.9 Å². The molecule has 0 aromatic heterocycles. The highest BCUT2D eigenvalue weighted by Gasteiger charge is 2.30. The molecule has 0 bridgehead atoms. The average Bonchev–Trinajstić information content (AvgIpc) is 2.27. The van der Waals surface area contributed by atoms with Crippen molar-refractivity contribution in [2.24, 2.45) is 11.7 Å². The summed E-state index contributed by atoms with van der Waals surface area (Å²) in [5.41, 5.74) is 7.44. The Kier molecular flexibility index (Phi) is 3.97. The van der Waals surface area contributed by atoms with Gasteiger partial charge in [-0.25, -0.2) is 0 Å². The molecule has 2 N–H and O–H groups in total.